The van der Waals surface area contributed by atoms with E-state index in [1.165, 1.54) is 19.3 Å². The Kier molecular flexibility index (Phi) is 3.90. The number of carbonyl (C=O) groups is 1. The highest BCUT2D eigenvalue weighted by atomic mass is 19.3. The molecule has 0 unspecified atom stereocenters. The summed E-state index contributed by atoms with van der Waals surface area (Å²) < 4.78 is 33.1. The molecule has 0 saturated heterocycles. The molecular formula is C17H14F2O4. The summed E-state index contributed by atoms with van der Waals surface area (Å²) in [5.41, 5.74) is 3.00. The molecule has 0 aromatic heterocycles. The molecular weight excluding hydrogens is 306 g/mol. The summed E-state index contributed by atoms with van der Waals surface area (Å²) >= 11 is 0. The molecule has 4 nitrogen and oxygen atoms in total. The summed E-state index contributed by atoms with van der Waals surface area (Å²) in [5.74, 6) is -1.65. The molecule has 2 aromatic rings. The highest BCUT2D eigenvalue weighted by Gasteiger charge is 2.43. The van der Waals surface area contributed by atoms with Crippen LogP contribution in [0.15, 0.2) is 42.5 Å². The molecule has 6 heteroatoms. The molecule has 0 fully saturated rings. The Bertz CT molecular complexity index is 720. The quantitative estimate of drug-likeness (QED) is 0.866. The Labute approximate surface area is 131 Å². The van der Waals surface area contributed by atoms with E-state index in [0.29, 0.717) is 0 Å². The van der Waals surface area contributed by atoms with Crippen LogP contribution in [0.25, 0.3) is 0 Å². The third-order valence-electron chi connectivity index (χ3n) is 3.66. The highest BCUT2D eigenvalue weighted by Crippen LogP contribution is 2.41. The highest BCUT2D eigenvalue weighted by molar-refractivity contribution is 5.88. The van der Waals surface area contributed by atoms with Crippen LogP contribution in [0, 0.1) is 0 Å². The maximum atomic E-state index is 12.5. The Morgan fingerprint density at radius 1 is 1.00 bits per heavy atom. The molecule has 0 saturated carbocycles. The fourth-order valence-corrected chi connectivity index (χ4v) is 2.60. The molecule has 2 aliphatic rings. The molecule has 4 rings (SSSR count). The van der Waals surface area contributed by atoms with Crippen LogP contribution in [0.2, 0.25) is 0 Å². The summed E-state index contributed by atoms with van der Waals surface area (Å²) in [6, 6.07) is 12.0. The van der Waals surface area contributed by atoms with Gasteiger partial charge in [-0.15, -0.1) is 8.78 Å². The molecule has 0 amide bonds. The lowest BCUT2D eigenvalue weighted by Gasteiger charge is -2.04. The minimum Gasteiger partial charge on any atom is -0.478 e. The Morgan fingerprint density at radius 3 is 2.22 bits per heavy atom. The fourth-order valence-electron chi connectivity index (χ4n) is 2.60. The summed E-state index contributed by atoms with van der Waals surface area (Å²) in [4.78, 5) is 10.5. The minimum atomic E-state index is -3.71. The Balaban J connectivity index is 0.000000149. The van der Waals surface area contributed by atoms with E-state index >= 15 is 0 Å². The van der Waals surface area contributed by atoms with Crippen molar-refractivity contribution < 1.29 is 28.2 Å². The third-order valence-corrected chi connectivity index (χ3v) is 3.66. The van der Waals surface area contributed by atoms with Crippen molar-refractivity contribution >= 4 is 5.97 Å². The van der Waals surface area contributed by atoms with Crippen molar-refractivity contribution in [3.05, 3.63) is 59.2 Å². The second-order valence-corrected chi connectivity index (χ2v) is 5.26. The van der Waals surface area contributed by atoms with Crippen LogP contribution in [-0.2, 0) is 12.8 Å². The average Bonchev–Trinajstić information content (AvgIpc) is 3.08. The number of hydrogen-bond acceptors (Lipinski definition) is 3. The van der Waals surface area contributed by atoms with E-state index in [9.17, 15) is 13.6 Å². The Hall–Kier alpha value is -2.63. The monoisotopic (exact) mass is 320 g/mol. The molecule has 0 bridgehead atoms. The normalized spacial score (nSPS) is 16.3. The second kappa shape index (κ2) is 5.87. The summed E-state index contributed by atoms with van der Waals surface area (Å²) in [6.45, 7) is 0. The molecule has 0 spiro atoms. The number of fused-ring (bicyclic) bond motifs is 2. The van der Waals surface area contributed by atoms with Crippen molar-refractivity contribution in [2.24, 2.45) is 0 Å². The number of ether oxygens (including phenoxy) is 2. The van der Waals surface area contributed by atoms with Gasteiger partial charge in [-0.25, -0.2) is 4.79 Å². The lowest BCUT2D eigenvalue weighted by atomic mass is 10.1. The zero-order valence-corrected chi connectivity index (χ0v) is 12.1. The lowest BCUT2D eigenvalue weighted by molar-refractivity contribution is -0.286. The number of carboxylic acid groups (broad SMARTS) is 1. The van der Waals surface area contributed by atoms with Gasteiger partial charge in [-0.3, -0.25) is 0 Å². The first kappa shape index (κ1) is 15.3. The van der Waals surface area contributed by atoms with Gasteiger partial charge >= 0.3 is 12.3 Å². The number of benzene rings is 2. The smallest absolute Gasteiger partial charge is 0.478 e. The van der Waals surface area contributed by atoms with Crippen molar-refractivity contribution in [3.63, 3.8) is 0 Å². The minimum absolute atomic E-state index is 0.134. The van der Waals surface area contributed by atoms with E-state index in [4.69, 9.17) is 5.11 Å². The van der Waals surface area contributed by atoms with Gasteiger partial charge in [0.05, 0.1) is 5.56 Å². The van der Waals surface area contributed by atoms with Crippen LogP contribution < -0.4 is 9.47 Å². The molecule has 2 aromatic carbocycles. The fraction of sp³-hybridized carbons (Fsp3) is 0.235. The number of rotatable bonds is 1. The van der Waals surface area contributed by atoms with Gasteiger partial charge in [0.2, 0.25) is 0 Å². The van der Waals surface area contributed by atoms with Gasteiger partial charge in [0, 0.05) is 0 Å². The van der Waals surface area contributed by atoms with Gasteiger partial charge in [-0.1, -0.05) is 24.3 Å². The molecule has 0 radical (unpaired) electrons. The number of aryl methyl sites for hydroxylation is 2. The van der Waals surface area contributed by atoms with Gasteiger partial charge in [0.1, 0.15) is 0 Å². The zero-order chi connectivity index (χ0) is 16.4. The van der Waals surface area contributed by atoms with E-state index in [1.54, 1.807) is 11.1 Å². The van der Waals surface area contributed by atoms with Gasteiger partial charge < -0.3 is 14.6 Å². The zero-order valence-electron chi connectivity index (χ0n) is 12.1. The van der Waals surface area contributed by atoms with Crippen molar-refractivity contribution in [1.82, 2.24) is 0 Å². The van der Waals surface area contributed by atoms with E-state index in [0.717, 1.165) is 18.2 Å². The molecule has 23 heavy (non-hydrogen) atoms. The third kappa shape index (κ3) is 3.41. The SMILES string of the molecule is O=C(O)c1ccc2c(c1)OC(F)(F)O2.c1ccc2c(c1)CCC2. The Morgan fingerprint density at radius 2 is 1.61 bits per heavy atom. The van der Waals surface area contributed by atoms with Crippen molar-refractivity contribution in [2.75, 3.05) is 0 Å². The van der Waals surface area contributed by atoms with Gasteiger partial charge in [-0.2, -0.15) is 0 Å². The van der Waals surface area contributed by atoms with Crippen molar-refractivity contribution in [3.8, 4) is 11.5 Å². The standard InChI is InChI=1S/C9H10.C8H4F2O4/c1-2-5-9-7-3-6-8(9)4-1;9-8(10)13-5-2-1-4(7(11)12)3-6(5)14-8/h1-2,4-5H,3,6-7H2;1-3H,(H,11,12). The molecule has 120 valence electrons. The first-order valence-corrected chi connectivity index (χ1v) is 7.14. The summed E-state index contributed by atoms with van der Waals surface area (Å²) in [7, 11) is 0. The van der Waals surface area contributed by atoms with Gasteiger partial charge in [0.15, 0.2) is 11.5 Å². The van der Waals surface area contributed by atoms with E-state index in [2.05, 4.69) is 33.7 Å². The topological polar surface area (TPSA) is 55.8 Å². The van der Waals surface area contributed by atoms with Crippen molar-refractivity contribution in [1.29, 1.82) is 0 Å². The number of alkyl halides is 2. The predicted octanol–water partition coefficient (Wildman–Crippen LogP) is 3.88. The number of hydrogen-bond donors (Lipinski definition) is 1. The molecule has 1 aliphatic heterocycles. The summed E-state index contributed by atoms with van der Waals surface area (Å²) in [6.07, 6.45) is 0.255. The van der Waals surface area contributed by atoms with Crippen LogP contribution >= 0.6 is 0 Å². The predicted molar refractivity (Wildman–Crippen MR) is 78.1 cm³/mol. The lowest BCUT2D eigenvalue weighted by Crippen LogP contribution is -2.25. The second-order valence-electron chi connectivity index (χ2n) is 5.26. The largest absolute Gasteiger partial charge is 0.586 e. The van der Waals surface area contributed by atoms with Crippen LogP contribution in [0.1, 0.15) is 27.9 Å². The summed E-state index contributed by atoms with van der Waals surface area (Å²) in [5, 5.41) is 8.56. The average molecular weight is 320 g/mol. The van der Waals surface area contributed by atoms with Crippen LogP contribution in [0.5, 0.6) is 11.5 Å². The van der Waals surface area contributed by atoms with Gasteiger partial charge in [-0.05, 0) is 48.6 Å². The van der Waals surface area contributed by atoms with E-state index in [1.807, 2.05) is 0 Å². The maximum absolute atomic E-state index is 12.5. The number of carboxylic acids is 1. The molecule has 1 aliphatic carbocycles. The first-order chi connectivity index (χ1) is 10.9. The molecule has 1 N–H and O–H groups in total. The first-order valence-electron chi connectivity index (χ1n) is 7.14. The van der Waals surface area contributed by atoms with E-state index < -0.39 is 12.3 Å². The molecule has 0 atom stereocenters. The number of aromatic carboxylic acids is 1. The van der Waals surface area contributed by atoms with Crippen LogP contribution in [0.3, 0.4) is 0 Å². The van der Waals surface area contributed by atoms with Crippen LogP contribution in [0.4, 0.5) is 8.78 Å². The number of halogens is 2. The van der Waals surface area contributed by atoms with Crippen LogP contribution in [-0.4, -0.2) is 17.4 Å². The molecule has 1 heterocycles. The van der Waals surface area contributed by atoms with E-state index in [-0.39, 0.29) is 17.1 Å². The van der Waals surface area contributed by atoms with Gasteiger partial charge in [0.25, 0.3) is 0 Å². The maximum Gasteiger partial charge on any atom is 0.586 e. The van der Waals surface area contributed by atoms with Crippen molar-refractivity contribution in [2.45, 2.75) is 25.6 Å².